The van der Waals surface area contributed by atoms with Crippen LogP contribution in [0.2, 0.25) is 19.6 Å². The largest absolute Gasteiger partial charge is 0.474 e. The van der Waals surface area contributed by atoms with E-state index in [0.717, 1.165) is 5.38 Å². The van der Waals surface area contributed by atoms with Gasteiger partial charge in [0, 0.05) is 12.0 Å². The van der Waals surface area contributed by atoms with E-state index in [1.165, 1.54) is 0 Å². The quantitative estimate of drug-likeness (QED) is 0.647. The Labute approximate surface area is 138 Å². The van der Waals surface area contributed by atoms with Gasteiger partial charge in [0.2, 0.25) is 0 Å². The normalized spacial score (nSPS) is 31.9. The summed E-state index contributed by atoms with van der Waals surface area (Å²) in [6.07, 6.45) is 1.42. The van der Waals surface area contributed by atoms with Gasteiger partial charge in [-0.1, -0.05) is 26.6 Å². The first-order chi connectivity index (χ1) is 10.6. The smallest absolute Gasteiger partial charge is 0.312 e. The molecule has 23 heavy (non-hydrogen) atoms. The molecule has 1 fully saturated rings. The number of furan rings is 1. The van der Waals surface area contributed by atoms with Crippen LogP contribution in [-0.2, 0) is 15.1 Å². The van der Waals surface area contributed by atoms with E-state index < -0.39 is 31.7 Å². The highest BCUT2D eigenvalue weighted by Crippen LogP contribution is 2.44. The SMILES string of the molecule is CCOC(=O)[C@@H]1C[C@H](C)[C@@H](O)C[C@@]1(O)c1ccoc1[Si](C)(C)C. The molecule has 1 heterocycles. The van der Waals surface area contributed by atoms with E-state index in [-0.39, 0.29) is 18.9 Å². The number of carbonyl (C=O) groups is 1. The zero-order valence-corrected chi connectivity index (χ0v) is 15.6. The molecule has 0 unspecified atom stereocenters. The standard InChI is InChI=1S/C17H28O5Si/c1-6-21-15(19)13-9-11(2)14(18)10-17(13,20)12-7-8-22-16(12)23(3,4)5/h7-8,11,13-14,18,20H,6,9-10H2,1-5H3/t11-,13-,14-,17+/m0/s1. The molecule has 0 amide bonds. The summed E-state index contributed by atoms with van der Waals surface area (Å²) in [4.78, 5) is 12.4. The third-order valence-corrected chi connectivity index (χ3v) is 6.49. The average Bonchev–Trinajstić information content (AvgIpc) is 2.93. The van der Waals surface area contributed by atoms with E-state index in [1.807, 2.05) is 6.92 Å². The van der Waals surface area contributed by atoms with Crippen LogP contribution in [-0.4, -0.2) is 37.0 Å². The molecular formula is C17H28O5Si. The predicted octanol–water partition coefficient (Wildman–Crippen LogP) is 1.98. The Kier molecular flexibility index (Phi) is 5.08. The van der Waals surface area contributed by atoms with Gasteiger partial charge in [-0.25, -0.2) is 0 Å². The fraction of sp³-hybridized carbons (Fsp3) is 0.706. The molecule has 2 rings (SSSR count). The molecule has 4 atom stereocenters. The Bertz CT molecular complexity index is 562. The molecule has 5 nitrogen and oxygen atoms in total. The topological polar surface area (TPSA) is 79.9 Å². The lowest BCUT2D eigenvalue weighted by Gasteiger charge is -2.43. The van der Waals surface area contributed by atoms with Gasteiger partial charge in [-0.15, -0.1) is 0 Å². The summed E-state index contributed by atoms with van der Waals surface area (Å²) >= 11 is 0. The average molecular weight is 340 g/mol. The maximum atomic E-state index is 12.4. The molecular weight excluding hydrogens is 312 g/mol. The van der Waals surface area contributed by atoms with Crippen molar-refractivity contribution in [1.82, 2.24) is 0 Å². The van der Waals surface area contributed by atoms with Gasteiger partial charge >= 0.3 is 5.97 Å². The number of rotatable bonds is 4. The van der Waals surface area contributed by atoms with Crippen LogP contribution < -0.4 is 5.38 Å². The van der Waals surface area contributed by atoms with Gasteiger partial charge in [-0.05, 0) is 25.3 Å². The minimum absolute atomic E-state index is 0.0630. The maximum Gasteiger partial charge on any atom is 0.312 e. The van der Waals surface area contributed by atoms with E-state index in [1.54, 1.807) is 19.3 Å². The molecule has 0 radical (unpaired) electrons. The van der Waals surface area contributed by atoms with Crippen LogP contribution in [0.5, 0.6) is 0 Å². The van der Waals surface area contributed by atoms with Crippen molar-refractivity contribution in [2.45, 2.75) is 58.0 Å². The van der Waals surface area contributed by atoms with Crippen LogP contribution in [0, 0.1) is 11.8 Å². The third kappa shape index (κ3) is 3.39. The fourth-order valence-corrected chi connectivity index (χ4v) is 4.98. The van der Waals surface area contributed by atoms with Crippen molar-refractivity contribution in [2.24, 2.45) is 11.8 Å². The Morgan fingerprint density at radius 3 is 2.70 bits per heavy atom. The number of aliphatic hydroxyl groups is 2. The van der Waals surface area contributed by atoms with Crippen molar-refractivity contribution in [3.8, 4) is 0 Å². The molecule has 0 aromatic carbocycles. The number of hydrogen-bond acceptors (Lipinski definition) is 5. The molecule has 130 valence electrons. The van der Waals surface area contributed by atoms with E-state index >= 15 is 0 Å². The monoisotopic (exact) mass is 340 g/mol. The summed E-state index contributed by atoms with van der Waals surface area (Å²) in [5.41, 5.74) is -0.804. The summed E-state index contributed by atoms with van der Waals surface area (Å²) in [6.45, 7) is 10.3. The second-order valence-electron chi connectivity index (χ2n) is 7.63. The number of ether oxygens (including phenoxy) is 1. The first kappa shape index (κ1) is 18.2. The highest BCUT2D eigenvalue weighted by atomic mass is 28.3. The first-order valence-corrected chi connectivity index (χ1v) is 11.8. The molecule has 0 bridgehead atoms. The highest BCUT2D eigenvalue weighted by molar-refractivity contribution is 6.88. The summed E-state index contributed by atoms with van der Waals surface area (Å²) in [7, 11) is -1.84. The van der Waals surface area contributed by atoms with Gasteiger partial charge in [-0.3, -0.25) is 4.79 Å². The van der Waals surface area contributed by atoms with E-state index in [2.05, 4.69) is 19.6 Å². The summed E-state index contributed by atoms with van der Waals surface area (Å²) in [5, 5.41) is 22.5. The minimum Gasteiger partial charge on any atom is -0.474 e. The van der Waals surface area contributed by atoms with E-state index in [9.17, 15) is 15.0 Å². The molecule has 1 aromatic heterocycles. The molecule has 1 aliphatic rings. The van der Waals surface area contributed by atoms with E-state index in [4.69, 9.17) is 9.15 Å². The lowest BCUT2D eigenvalue weighted by atomic mass is 9.67. The first-order valence-electron chi connectivity index (χ1n) is 8.26. The van der Waals surface area contributed by atoms with E-state index in [0.29, 0.717) is 12.0 Å². The zero-order chi connectivity index (χ0) is 17.4. The van der Waals surface area contributed by atoms with Crippen LogP contribution >= 0.6 is 0 Å². The van der Waals surface area contributed by atoms with Gasteiger partial charge in [0.15, 0.2) is 0 Å². The van der Waals surface area contributed by atoms with Crippen molar-refractivity contribution in [3.63, 3.8) is 0 Å². The highest BCUT2D eigenvalue weighted by Gasteiger charge is 2.52. The molecule has 1 saturated carbocycles. The molecule has 1 aromatic rings. The lowest BCUT2D eigenvalue weighted by Crippen LogP contribution is -2.53. The Morgan fingerprint density at radius 1 is 1.48 bits per heavy atom. The Balaban J connectivity index is 2.49. The zero-order valence-electron chi connectivity index (χ0n) is 14.6. The number of carbonyl (C=O) groups excluding carboxylic acids is 1. The van der Waals surface area contributed by atoms with Crippen molar-refractivity contribution in [3.05, 3.63) is 17.9 Å². The maximum absolute atomic E-state index is 12.4. The van der Waals surface area contributed by atoms with Crippen LogP contribution in [0.15, 0.2) is 16.7 Å². The van der Waals surface area contributed by atoms with Crippen LogP contribution in [0.4, 0.5) is 0 Å². The van der Waals surface area contributed by atoms with Crippen LogP contribution in [0.1, 0.15) is 32.3 Å². The second-order valence-corrected chi connectivity index (χ2v) is 12.6. The molecule has 0 aliphatic heterocycles. The van der Waals surface area contributed by atoms with Gasteiger partial charge in [0.25, 0.3) is 0 Å². The van der Waals surface area contributed by atoms with Crippen molar-refractivity contribution < 1.29 is 24.2 Å². The Hall–Kier alpha value is -1.11. The number of esters is 1. The molecule has 6 heteroatoms. The number of aliphatic hydroxyl groups excluding tert-OH is 1. The lowest BCUT2D eigenvalue weighted by molar-refractivity contribution is -0.172. The van der Waals surface area contributed by atoms with Crippen LogP contribution in [0.25, 0.3) is 0 Å². The van der Waals surface area contributed by atoms with Gasteiger partial charge < -0.3 is 19.4 Å². The molecule has 0 saturated heterocycles. The van der Waals surface area contributed by atoms with Crippen molar-refractivity contribution in [2.75, 3.05) is 6.61 Å². The van der Waals surface area contributed by atoms with Crippen molar-refractivity contribution >= 4 is 19.4 Å². The number of hydrogen-bond donors (Lipinski definition) is 2. The summed E-state index contributed by atoms with van der Waals surface area (Å²) in [5.74, 6) is -1.16. The Morgan fingerprint density at radius 2 is 2.13 bits per heavy atom. The predicted molar refractivity (Wildman–Crippen MR) is 90.1 cm³/mol. The molecule has 1 aliphatic carbocycles. The molecule has 2 N–H and O–H groups in total. The summed E-state index contributed by atoms with van der Waals surface area (Å²) in [6, 6.07) is 1.74. The van der Waals surface area contributed by atoms with Crippen molar-refractivity contribution in [1.29, 1.82) is 0 Å². The second kappa shape index (κ2) is 6.41. The van der Waals surface area contributed by atoms with Gasteiger partial charge in [0.1, 0.15) is 13.7 Å². The van der Waals surface area contributed by atoms with Gasteiger partial charge in [0.05, 0.1) is 30.3 Å². The third-order valence-electron chi connectivity index (χ3n) is 4.75. The van der Waals surface area contributed by atoms with Crippen LogP contribution in [0.3, 0.4) is 0 Å². The fourth-order valence-electron chi connectivity index (χ4n) is 3.45. The summed E-state index contributed by atoms with van der Waals surface area (Å²) < 4.78 is 10.8. The van der Waals surface area contributed by atoms with Gasteiger partial charge in [-0.2, -0.15) is 0 Å². The minimum atomic E-state index is -1.84. The molecule has 0 spiro atoms.